The molecule has 0 bridgehead atoms. The van der Waals surface area contributed by atoms with Gasteiger partial charge in [-0.25, -0.2) is 4.68 Å². The Morgan fingerprint density at radius 1 is 1.13 bits per heavy atom. The van der Waals surface area contributed by atoms with Gasteiger partial charge >= 0.3 is 0 Å². The molecular weight excluding hydrogens is 400 g/mol. The molecule has 31 heavy (non-hydrogen) atoms. The van der Waals surface area contributed by atoms with E-state index in [1.54, 1.807) is 18.0 Å². The van der Waals surface area contributed by atoms with Crippen LogP contribution in [0, 0.1) is 0 Å². The number of aromatic nitrogens is 6. The molecule has 5 rings (SSSR count). The summed E-state index contributed by atoms with van der Waals surface area (Å²) in [5.74, 6) is 1.66. The molecule has 1 aliphatic rings. The van der Waals surface area contributed by atoms with Crippen molar-refractivity contribution in [1.82, 2.24) is 34.8 Å². The second-order valence-corrected chi connectivity index (χ2v) is 7.32. The molecule has 0 saturated carbocycles. The normalized spacial score (nSPS) is 15.1. The lowest BCUT2D eigenvalue weighted by Gasteiger charge is -2.34. The number of aromatic amines is 1. The molecule has 160 valence electrons. The molecule has 0 atom stereocenters. The second kappa shape index (κ2) is 8.28. The van der Waals surface area contributed by atoms with Crippen LogP contribution >= 0.6 is 0 Å². The fourth-order valence-corrected chi connectivity index (χ4v) is 3.67. The van der Waals surface area contributed by atoms with E-state index in [9.17, 15) is 4.79 Å². The van der Waals surface area contributed by atoms with Crippen LogP contribution in [0.5, 0.6) is 0 Å². The Hall–Kier alpha value is -3.57. The van der Waals surface area contributed by atoms with E-state index < -0.39 is 0 Å². The Bertz CT molecular complexity index is 1220. The molecule has 0 radical (unpaired) electrons. The van der Waals surface area contributed by atoms with Crippen LogP contribution in [-0.4, -0.2) is 68.1 Å². The van der Waals surface area contributed by atoms with Gasteiger partial charge in [0.05, 0.1) is 18.4 Å². The average Bonchev–Trinajstić information content (AvgIpc) is 3.42. The van der Waals surface area contributed by atoms with Crippen molar-refractivity contribution in [3.63, 3.8) is 0 Å². The maximum Gasteiger partial charge on any atom is 0.263 e. The molecule has 0 spiro atoms. The van der Waals surface area contributed by atoms with Crippen molar-refractivity contribution in [3.8, 4) is 5.69 Å². The number of anilines is 1. The fraction of sp³-hybridized carbons (Fsp3) is 0.350. The van der Waals surface area contributed by atoms with E-state index in [-0.39, 0.29) is 5.56 Å². The molecule has 4 aromatic rings. The van der Waals surface area contributed by atoms with E-state index in [4.69, 9.17) is 14.2 Å². The molecule has 4 heterocycles. The van der Waals surface area contributed by atoms with Crippen molar-refractivity contribution in [2.75, 3.05) is 38.2 Å². The van der Waals surface area contributed by atoms with Crippen molar-refractivity contribution in [1.29, 1.82) is 0 Å². The lowest BCUT2D eigenvalue weighted by Crippen LogP contribution is -2.47. The van der Waals surface area contributed by atoms with Crippen molar-refractivity contribution in [2.24, 2.45) is 0 Å². The van der Waals surface area contributed by atoms with Crippen LogP contribution in [-0.2, 0) is 17.9 Å². The smallest absolute Gasteiger partial charge is 0.263 e. The van der Waals surface area contributed by atoms with Gasteiger partial charge in [-0.05, 0) is 12.1 Å². The van der Waals surface area contributed by atoms with Gasteiger partial charge in [0, 0.05) is 33.3 Å². The maximum atomic E-state index is 12.6. The van der Waals surface area contributed by atoms with Gasteiger partial charge in [0.15, 0.2) is 11.5 Å². The molecule has 1 aliphatic heterocycles. The molecule has 11 heteroatoms. The van der Waals surface area contributed by atoms with E-state index in [1.807, 2.05) is 30.3 Å². The number of nitrogens with zero attached hydrogens (tertiary/aromatic N) is 7. The van der Waals surface area contributed by atoms with Crippen molar-refractivity contribution in [3.05, 3.63) is 58.6 Å². The third-order valence-corrected chi connectivity index (χ3v) is 5.24. The first-order valence-corrected chi connectivity index (χ1v) is 10.0. The predicted molar refractivity (Wildman–Crippen MR) is 112 cm³/mol. The van der Waals surface area contributed by atoms with Gasteiger partial charge < -0.3 is 14.2 Å². The van der Waals surface area contributed by atoms with Crippen LogP contribution < -0.4 is 10.5 Å². The van der Waals surface area contributed by atoms with Gasteiger partial charge in [-0.2, -0.15) is 15.1 Å². The Labute approximate surface area is 177 Å². The fourth-order valence-electron chi connectivity index (χ4n) is 3.67. The Kier molecular flexibility index (Phi) is 5.18. The summed E-state index contributed by atoms with van der Waals surface area (Å²) in [5, 5.41) is 8.72. The summed E-state index contributed by atoms with van der Waals surface area (Å²) in [4.78, 5) is 28.9. The molecule has 3 aromatic heterocycles. The average molecular weight is 422 g/mol. The van der Waals surface area contributed by atoms with E-state index >= 15 is 0 Å². The number of benzene rings is 1. The Morgan fingerprint density at radius 2 is 1.94 bits per heavy atom. The quantitative estimate of drug-likeness (QED) is 0.485. The van der Waals surface area contributed by atoms with E-state index in [2.05, 4.69) is 30.0 Å². The third-order valence-electron chi connectivity index (χ3n) is 5.24. The molecule has 0 amide bonds. The summed E-state index contributed by atoms with van der Waals surface area (Å²) < 4.78 is 12.0. The Morgan fingerprint density at radius 3 is 2.71 bits per heavy atom. The molecule has 1 aromatic carbocycles. The van der Waals surface area contributed by atoms with Crippen LogP contribution in [0.4, 0.5) is 5.95 Å². The van der Waals surface area contributed by atoms with Gasteiger partial charge in [0.25, 0.3) is 5.56 Å². The summed E-state index contributed by atoms with van der Waals surface area (Å²) in [7, 11) is 1.60. The van der Waals surface area contributed by atoms with Crippen molar-refractivity contribution >= 4 is 17.0 Å². The highest BCUT2D eigenvalue weighted by atomic mass is 16.5. The lowest BCUT2D eigenvalue weighted by atomic mass is 10.3. The first-order chi connectivity index (χ1) is 15.2. The first-order valence-electron chi connectivity index (χ1n) is 10.0. The maximum absolute atomic E-state index is 12.6. The molecule has 0 unspecified atom stereocenters. The van der Waals surface area contributed by atoms with Gasteiger partial charge in [-0.1, -0.05) is 23.4 Å². The number of para-hydroxylation sites is 1. The number of piperazine rings is 1. The van der Waals surface area contributed by atoms with Crippen LogP contribution in [0.2, 0.25) is 0 Å². The molecule has 1 saturated heterocycles. The standard InChI is InChI=1S/C20H22N8O3/c1-30-13-16-22-17(31-25-16)12-26-7-9-27(10-8-26)20-23-18-15(19(29)24-20)11-21-28(18)14-5-3-2-4-6-14/h2-6,11H,7-10,12-13H2,1H3,(H,23,24,29). The van der Waals surface area contributed by atoms with Crippen LogP contribution in [0.25, 0.3) is 16.7 Å². The van der Waals surface area contributed by atoms with Crippen LogP contribution in [0.15, 0.2) is 45.8 Å². The monoisotopic (exact) mass is 422 g/mol. The van der Waals surface area contributed by atoms with Gasteiger partial charge in [0.1, 0.15) is 12.0 Å². The minimum atomic E-state index is -0.193. The minimum Gasteiger partial charge on any atom is -0.377 e. The van der Waals surface area contributed by atoms with Gasteiger partial charge in [0.2, 0.25) is 11.8 Å². The Balaban J connectivity index is 1.32. The number of hydrogen-bond acceptors (Lipinski definition) is 9. The van der Waals surface area contributed by atoms with Gasteiger partial charge in [-0.15, -0.1) is 0 Å². The number of ether oxygens (including phenoxy) is 1. The number of hydrogen-bond donors (Lipinski definition) is 1. The molecule has 1 fully saturated rings. The zero-order chi connectivity index (χ0) is 21.2. The first kappa shape index (κ1) is 19.4. The van der Waals surface area contributed by atoms with Crippen molar-refractivity contribution < 1.29 is 9.26 Å². The largest absolute Gasteiger partial charge is 0.377 e. The van der Waals surface area contributed by atoms with Crippen LogP contribution in [0.3, 0.4) is 0 Å². The highest BCUT2D eigenvalue weighted by Gasteiger charge is 2.22. The lowest BCUT2D eigenvalue weighted by molar-refractivity contribution is 0.174. The van der Waals surface area contributed by atoms with E-state index in [0.717, 1.165) is 18.8 Å². The highest BCUT2D eigenvalue weighted by Crippen LogP contribution is 2.17. The summed E-state index contributed by atoms with van der Waals surface area (Å²) in [6, 6.07) is 9.66. The summed E-state index contributed by atoms with van der Waals surface area (Å²) in [6.45, 7) is 3.90. The zero-order valence-electron chi connectivity index (χ0n) is 17.1. The second-order valence-electron chi connectivity index (χ2n) is 7.32. The SMILES string of the molecule is COCc1noc(CN2CCN(c3nc4c(cnn4-c4ccccc4)c(=O)[nH]3)CC2)n1. The predicted octanol–water partition coefficient (Wildman–Crippen LogP) is 0.960. The topological polar surface area (TPSA) is 118 Å². The summed E-state index contributed by atoms with van der Waals surface area (Å²) in [5.41, 5.74) is 1.21. The molecule has 1 N–H and O–H groups in total. The number of nitrogens with one attached hydrogen (secondary N) is 1. The number of methoxy groups -OCH3 is 1. The van der Waals surface area contributed by atoms with E-state index in [1.165, 1.54) is 0 Å². The molecule has 11 nitrogen and oxygen atoms in total. The summed E-state index contributed by atoms with van der Waals surface area (Å²) >= 11 is 0. The minimum absolute atomic E-state index is 0.193. The number of rotatable bonds is 6. The van der Waals surface area contributed by atoms with Crippen molar-refractivity contribution in [2.45, 2.75) is 13.2 Å². The number of H-pyrrole nitrogens is 1. The van der Waals surface area contributed by atoms with Gasteiger partial charge in [-0.3, -0.25) is 14.7 Å². The third kappa shape index (κ3) is 3.92. The summed E-state index contributed by atoms with van der Waals surface area (Å²) in [6.07, 6.45) is 1.55. The molecule has 0 aliphatic carbocycles. The number of fused-ring (bicyclic) bond motifs is 1. The zero-order valence-corrected chi connectivity index (χ0v) is 17.1. The van der Waals surface area contributed by atoms with E-state index in [0.29, 0.717) is 54.9 Å². The molecular formula is C20H22N8O3. The highest BCUT2D eigenvalue weighted by molar-refractivity contribution is 5.76. The van der Waals surface area contributed by atoms with Crippen LogP contribution in [0.1, 0.15) is 11.7 Å².